The van der Waals surface area contributed by atoms with E-state index in [1.807, 2.05) is 0 Å². The minimum atomic E-state index is -0.637. The minimum Gasteiger partial charge on any atom is -0.465 e. The summed E-state index contributed by atoms with van der Waals surface area (Å²) in [6.07, 6.45) is 0. The highest BCUT2D eigenvalue weighted by molar-refractivity contribution is 5.89. The van der Waals surface area contributed by atoms with Crippen LogP contribution in [0.25, 0.3) is 11.1 Å². The molecule has 18 heavy (non-hydrogen) atoms. The molecule has 0 spiro atoms. The van der Waals surface area contributed by atoms with E-state index in [9.17, 15) is 13.6 Å². The summed E-state index contributed by atoms with van der Waals surface area (Å²) in [6.45, 7) is 0. The van der Waals surface area contributed by atoms with Crippen molar-refractivity contribution in [3.8, 4) is 11.1 Å². The van der Waals surface area contributed by atoms with Gasteiger partial charge in [-0.25, -0.2) is 13.6 Å². The largest absolute Gasteiger partial charge is 0.465 e. The highest BCUT2D eigenvalue weighted by Crippen LogP contribution is 2.22. The molecule has 0 N–H and O–H groups in total. The Hall–Kier alpha value is -2.23. The van der Waals surface area contributed by atoms with Crippen LogP contribution in [0.15, 0.2) is 42.5 Å². The third kappa shape index (κ3) is 2.53. The van der Waals surface area contributed by atoms with Gasteiger partial charge in [0.1, 0.15) is 11.6 Å². The Morgan fingerprint density at radius 1 is 0.944 bits per heavy atom. The van der Waals surface area contributed by atoms with Crippen molar-refractivity contribution in [2.45, 2.75) is 0 Å². The van der Waals surface area contributed by atoms with Gasteiger partial charge in [0.25, 0.3) is 0 Å². The van der Waals surface area contributed by atoms with E-state index in [2.05, 4.69) is 4.74 Å². The number of carbonyl (C=O) groups is 1. The molecule has 0 heterocycles. The zero-order valence-electron chi connectivity index (χ0n) is 9.61. The highest BCUT2D eigenvalue weighted by Gasteiger charge is 2.07. The van der Waals surface area contributed by atoms with Crippen LogP contribution in [0.2, 0.25) is 0 Å². The number of methoxy groups -OCH3 is 1. The summed E-state index contributed by atoms with van der Waals surface area (Å²) in [5.74, 6) is -1.73. The lowest BCUT2D eigenvalue weighted by Gasteiger charge is -2.04. The predicted molar refractivity (Wildman–Crippen MR) is 63.1 cm³/mol. The fraction of sp³-hybridized carbons (Fsp3) is 0.0714. The predicted octanol–water partition coefficient (Wildman–Crippen LogP) is 3.42. The fourth-order valence-electron chi connectivity index (χ4n) is 1.64. The first kappa shape index (κ1) is 12.2. The van der Waals surface area contributed by atoms with E-state index < -0.39 is 17.6 Å². The van der Waals surface area contributed by atoms with Crippen LogP contribution in [-0.4, -0.2) is 13.1 Å². The molecule has 4 heteroatoms. The molecule has 0 aliphatic carbocycles. The lowest BCUT2D eigenvalue weighted by Crippen LogP contribution is -2.00. The molecule has 0 atom stereocenters. The van der Waals surface area contributed by atoms with Crippen molar-refractivity contribution in [1.82, 2.24) is 0 Å². The Bertz CT molecular complexity index is 557. The van der Waals surface area contributed by atoms with Gasteiger partial charge in [0.2, 0.25) is 0 Å². The van der Waals surface area contributed by atoms with E-state index >= 15 is 0 Å². The molecule has 2 nitrogen and oxygen atoms in total. The van der Waals surface area contributed by atoms with Gasteiger partial charge in [-0.05, 0) is 35.4 Å². The summed E-state index contributed by atoms with van der Waals surface area (Å²) in [6, 6.07) is 9.59. The number of ether oxygens (including phenoxy) is 1. The molecule has 0 bridgehead atoms. The van der Waals surface area contributed by atoms with Gasteiger partial charge in [-0.15, -0.1) is 0 Å². The van der Waals surface area contributed by atoms with Gasteiger partial charge < -0.3 is 4.74 Å². The molecular weight excluding hydrogens is 238 g/mol. The first-order chi connectivity index (χ1) is 8.60. The SMILES string of the molecule is COC(=O)c1ccc(-c2cc(F)cc(F)c2)cc1. The van der Waals surface area contributed by atoms with E-state index in [-0.39, 0.29) is 0 Å². The van der Waals surface area contributed by atoms with Crippen molar-refractivity contribution >= 4 is 5.97 Å². The maximum Gasteiger partial charge on any atom is 0.337 e. The first-order valence-electron chi connectivity index (χ1n) is 5.25. The normalized spacial score (nSPS) is 10.2. The fourth-order valence-corrected chi connectivity index (χ4v) is 1.64. The van der Waals surface area contributed by atoms with Crippen LogP contribution in [-0.2, 0) is 4.74 Å². The van der Waals surface area contributed by atoms with Crippen molar-refractivity contribution in [3.63, 3.8) is 0 Å². The first-order valence-corrected chi connectivity index (χ1v) is 5.25. The Balaban J connectivity index is 2.37. The molecule has 0 amide bonds. The average Bonchev–Trinajstić information content (AvgIpc) is 2.37. The van der Waals surface area contributed by atoms with Gasteiger partial charge in [0.05, 0.1) is 12.7 Å². The van der Waals surface area contributed by atoms with Crippen molar-refractivity contribution in [2.24, 2.45) is 0 Å². The van der Waals surface area contributed by atoms with Gasteiger partial charge in [0.15, 0.2) is 0 Å². The number of rotatable bonds is 2. The maximum atomic E-state index is 13.1. The number of esters is 1. The number of benzene rings is 2. The molecule has 0 saturated carbocycles. The summed E-state index contributed by atoms with van der Waals surface area (Å²) in [5.41, 5.74) is 1.43. The second-order valence-corrected chi connectivity index (χ2v) is 3.73. The van der Waals surface area contributed by atoms with E-state index in [4.69, 9.17) is 0 Å². The number of hydrogen-bond acceptors (Lipinski definition) is 2. The third-order valence-electron chi connectivity index (χ3n) is 2.50. The zero-order chi connectivity index (χ0) is 13.1. The van der Waals surface area contributed by atoms with Gasteiger partial charge in [-0.1, -0.05) is 12.1 Å². The molecule has 0 aromatic heterocycles. The van der Waals surface area contributed by atoms with Gasteiger partial charge in [0, 0.05) is 6.07 Å². The molecule has 0 aliphatic heterocycles. The van der Waals surface area contributed by atoms with Crippen molar-refractivity contribution in [3.05, 3.63) is 59.7 Å². The highest BCUT2D eigenvalue weighted by atomic mass is 19.1. The standard InChI is InChI=1S/C14H10F2O2/c1-18-14(17)10-4-2-9(3-5-10)11-6-12(15)8-13(16)7-11/h2-8H,1H3. The number of carbonyl (C=O) groups excluding carboxylic acids is 1. The lowest BCUT2D eigenvalue weighted by molar-refractivity contribution is 0.0601. The van der Waals surface area contributed by atoms with E-state index in [1.165, 1.54) is 19.2 Å². The third-order valence-corrected chi connectivity index (χ3v) is 2.50. The molecule has 0 saturated heterocycles. The summed E-state index contributed by atoms with van der Waals surface area (Å²) < 4.78 is 30.7. The molecule has 2 rings (SSSR count). The molecular formula is C14H10F2O2. The molecule has 92 valence electrons. The van der Waals surface area contributed by atoms with E-state index in [0.717, 1.165) is 6.07 Å². The Morgan fingerprint density at radius 2 is 1.50 bits per heavy atom. The smallest absolute Gasteiger partial charge is 0.337 e. The topological polar surface area (TPSA) is 26.3 Å². The van der Waals surface area contributed by atoms with Crippen LogP contribution in [0.4, 0.5) is 8.78 Å². The average molecular weight is 248 g/mol. The Labute approximate surface area is 103 Å². The van der Waals surface area contributed by atoms with E-state index in [0.29, 0.717) is 16.7 Å². The van der Waals surface area contributed by atoms with Gasteiger partial charge >= 0.3 is 5.97 Å². The maximum absolute atomic E-state index is 13.1. The summed E-state index contributed by atoms with van der Waals surface area (Å²) in [4.78, 5) is 11.2. The molecule has 0 fully saturated rings. The van der Waals surface area contributed by atoms with Crippen LogP contribution in [0.5, 0.6) is 0 Å². The molecule has 0 unspecified atom stereocenters. The van der Waals surface area contributed by atoms with Crippen molar-refractivity contribution in [2.75, 3.05) is 7.11 Å². The monoisotopic (exact) mass is 248 g/mol. The molecule has 0 radical (unpaired) electrons. The zero-order valence-corrected chi connectivity index (χ0v) is 9.61. The van der Waals surface area contributed by atoms with Crippen LogP contribution >= 0.6 is 0 Å². The van der Waals surface area contributed by atoms with Crippen LogP contribution in [0.3, 0.4) is 0 Å². The van der Waals surface area contributed by atoms with E-state index in [1.54, 1.807) is 24.3 Å². The number of halogens is 2. The molecule has 2 aromatic carbocycles. The summed E-state index contributed by atoms with van der Waals surface area (Å²) in [5, 5.41) is 0. The van der Waals surface area contributed by atoms with Gasteiger partial charge in [-0.3, -0.25) is 0 Å². The number of hydrogen-bond donors (Lipinski definition) is 0. The Kier molecular flexibility index (Phi) is 3.37. The molecule has 0 aliphatic rings. The van der Waals surface area contributed by atoms with Crippen molar-refractivity contribution in [1.29, 1.82) is 0 Å². The lowest BCUT2D eigenvalue weighted by atomic mass is 10.0. The molecule has 2 aromatic rings. The van der Waals surface area contributed by atoms with Gasteiger partial charge in [-0.2, -0.15) is 0 Å². The summed E-state index contributed by atoms with van der Waals surface area (Å²) >= 11 is 0. The summed E-state index contributed by atoms with van der Waals surface area (Å²) in [7, 11) is 1.29. The minimum absolute atomic E-state index is 0.387. The van der Waals surface area contributed by atoms with Crippen LogP contribution < -0.4 is 0 Å². The quantitative estimate of drug-likeness (QED) is 0.761. The van der Waals surface area contributed by atoms with Crippen LogP contribution in [0, 0.1) is 11.6 Å². The second kappa shape index (κ2) is 4.96. The van der Waals surface area contributed by atoms with Crippen LogP contribution in [0.1, 0.15) is 10.4 Å². The Morgan fingerprint density at radius 3 is 2.00 bits per heavy atom. The second-order valence-electron chi connectivity index (χ2n) is 3.73. The van der Waals surface area contributed by atoms with Crippen molar-refractivity contribution < 1.29 is 18.3 Å².